The Morgan fingerprint density at radius 1 is 1.50 bits per heavy atom. The fourth-order valence-corrected chi connectivity index (χ4v) is 0.858. The summed E-state index contributed by atoms with van der Waals surface area (Å²) in [4.78, 5) is 0. The lowest BCUT2D eigenvalue weighted by Gasteiger charge is -1.94. The Bertz CT molecular complexity index is 219. The molecule has 10 heavy (non-hydrogen) atoms. The Kier molecular flexibility index (Phi) is 2.21. The smallest absolute Gasteiger partial charge is 0.0352 e. The van der Waals surface area contributed by atoms with E-state index in [1.54, 1.807) is 0 Å². The molecule has 0 fully saturated rings. The van der Waals surface area contributed by atoms with E-state index >= 15 is 0 Å². The minimum absolute atomic E-state index is 0.639. The van der Waals surface area contributed by atoms with Crippen LogP contribution in [-0.4, -0.2) is 5.71 Å². The molecule has 1 rings (SSSR count). The molecule has 1 nitrogen and oxygen atoms in total. The molecule has 0 saturated carbocycles. The average Bonchev–Trinajstić information content (AvgIpc) is 2.12. The molecule has 0 aromatic carbocycles. The van der Waals surface area contributed by atoms with Crippen LogP contribution in [0.2, 0.25) is 0 Å². The molecular weight excluding hydrogens is 122 g/mol. The van der Waals surface area contributed by atoms with Gasteiger partial charge in [0.25, 0.3) is 0 Å². The first-order valence-corrected chi connectivity index (χ1v) is 3.39. The first-order valence-electron chi connectivity index (χ1n) is 3.39. The Hall–Kier alpha value is -1.11. The van der Waals surface area contributed by atoms with Gasteiger partial charge in [-0.2, -0.15) is 0 Å². The van der Waals surface area contributed by atoms with Gasteiger partial charge >= 0.3 is 0 Å². The topological polar surface area (TPSA) is 23.9 Å². The first kappa shape index (κ1) is 7.00. The molecule has 0 spiro atoms. The van der Waals surface area contributed by atoms with E-state index < -0.39 is 0 Å². The van der Waals surface area contributed by atoms with Crippen molar-refractivity contribution >= 4 is 5.71 Å². The second-order valence-corrected chi connectivity index (χ2v) is 2.31. The summed E-state index contributed by atoms with van der Waals surface area (Å²) in [6.07, 6.45) is 11.0. The molecule has 0 atom stereocenters. The van der Waals surface area contributed by atoms with E-state index in [4.69, 9.17) is 5.41 Å². The van der Waals surface area contributed by atoms with Crippen LogP contribution in [0.3, 0.4) is 0 Å². The maximum Gasteiger partial charge on any atom is 0.0352 e. The Morgan fingerprint density at radius 2 is 2.30 bits per heavy atom. The predicted molar refractivity (Wildman–Crippen MR) is 44.4 cm³/mol. The predicted octanol–water partition coefficient (Wildman–Crippen LogP) is 2.47. The molecule has 1 aliphatic rings. The van der Waals surface area contributed by atoms with Crippen molar-refractivity contribution < 1.29 is 0 Å². The summed E-state index contributed by atoms with van der Waals surface area (Å²) in [5, 5.41) is 7.34. The number of allylic oxidation sites excluding steroid dienone is 6. The zero-order chi connectivity index (χ0) is 7.40. The van der Waals surface area contributed by atoms with Crippen molar-refractivity contribution in [2.24, 2.45) is 0 Å². The Labute approximate surface area is 61.3 Å². The van der Waals surface area contributed by atoms with Gasteiger partial charge in [-0.05, 0) is 18.9 Å². The summed E-state index contributed by atoms with van der Waals surface area (Å²) in [7, 11) is 0. The minimum atomic E-state index is 0.639. The van der Waals surface area contributed by atoms with Crippen LogP contribution in [0.5, 0.6) is 0 Å². The molecule has 1 aliphatic carbocycles. The summed E-state index contributed by atoms with van der Waals surface area (Å²) < 4.78 is 0. The summed E-state index contributed by atoms with van der Waals surface area (Å²) in [5.41, 5.74) is 1.67. The molecule has 0 heterocycles. The van der Waals surface area contributed by atoms with Crippen LogP contribution in [0.1, 0.15) is 13.3 Å². The van der Waals surface area contributed by atoms with Gasteiger partial charge in [0.05, 0.1) is 0 Å². The number of hydrogen-bond acceptors (Lipinski definition) is 1. The van der Waals surface area contributed by atoms with Gasteiger partial charge in [-0.3, -0.25) is 0 Å². The molecule has 0 bridgehead atoms. The van der Waals surface area contributed by atoms with Gasteiger partial charge in [0.15, 0.2) is 0 Å². The van der Waals surface area contributed by atoms with Crippen molar-refractivity contribution in [2.75, 3.05) is 0 Å². The van der Waals surface area contributed by atoms with E-state index in [-0.39, 0.29) is 0 Å². The van der Waals surface area contributed by atoms with Gasteiger partial charge in [0.1, 0.15) is 0 Å². The standard InChI is InChI=1S/C9H11N/c1-8(10)9-6-4-2-3-5-7-9/h2-4,6-7,10H,5H2,1H3. The molecule has 0 unspecified atom stereocenters. The van der Waals surface area contributed by atoms with Crippen molar-refractivity contribution in [2.45, 2.75) is 13.3 Å². The second kappa shape index (κ2) is 3.16. The highest BCUT2D eigenvalue weighted by Gasteiger charge is 1.93. The van der Waals surface area contributed by atoms with Crippen LogP contribution in [-0.2, 0) is 0 Å². The second-order valence-electron chi connectivity index (χ2n) is 2.31. The monoisotopic (exact) mass is 133 g/mol. The highest BCUT2D eigenvalue weighted by molar-refractivity contribution is 5.98. The molecule has 1 N–H and O–H groups in total. The van der Waals surface area contributed by atoms with Crippen LogP contribution in [0.25, 0.3) is 0 Å². The highest BCUT2D eigenvalue weighted by atomic mass is 14.4. The average molecular weight is 133 g/mol. The van der Waals surface area contributed by atoms with E-state index in [0.717, 1.165) is 12.0 Å². The van der Waals surface area contributed by atoms with E-state index in [0.29, 0.717) is 5.71 Å². The van der Waals surface area contributed by atoms with Crippen molar-refractivity contribution in [1.82, 2.24) is 0 Å². The number of hydrogen-bond donors (Lipinski definition) is 1. The van der Waals surface area contributed by atoms with Crippen molar-refractivity contribution in [3.05, 3.63) is 36.0 Å². The quantitative estimate of drug-likeness (QED) is 0.531. The van der Waals surface area contributed by atoms with Crippen LogP contribution in [0, 0.1) is 5.41 Å². The van der Waals surface area contributed by atoms with Crippen LogP contribution >= 0.6 is 0 Å². The van der Waals surface area contributed by atoms with E-state index in [2.05, 4.69) is 12.2 Å². The van der Waals surface area contributed by atoms with Crippen LogP contribution in [0.15, 0.2) is 36.0 Å². The van der Waals surface area contributed by atoms with Gasteiger partial charge in [-0.1, -0.05) is 30.4 Å². The molecule has 52 valence electrons. The van der Waals surface area contributed by atoms with Crippen molar-refractivity contribution in [1.29, 1.82) is 5.41 Å². The third-order valence-electron chi connectivity index (χ3n) is 1.43. The summed E-state index contributed by atoms with van der Waals surface area (Å²) >= 11 is 0. The highest BCUT2D eigenvalue weighted by Crippen LogP contribution is 2.05. The molecule has 0 aliphatic heterocycles. The first-order chi connectivity index (χ1) is 4.80. The third kappa shape index (κ3) is 1.69. The molecule has 0 aromatic rings. The zero-order valence-electron chi connectivity index (χ0n) is 6.09. The lowest BCUT2D eigenvalue weighted by molar-refractivity contribution is 1.37. The lowest BCUT2D eigenvalue weighted by Crippen LogP contribution is -1.90. The maximum absolute atomic E-state index is 7.34. The summed E-state index contributed by atoms with van der Waals surface area (Å²) in [6, 6.07) is 0. The normalized spacial score (nSPS) is 16.3. The Morgan fingerprint density at radius 3 is 3.00 bits per heavy atom. The van der Waals surface area contributed by atoms with Gasteiger partial charge < -0.3 is 5.41 Å². The fourth-order valence-electron chi connectivity index (χ4n) is 0.858. The molecule has 1 heteroatoms. The lowest BCUT2D eigenvalue weighted by atomic mass is 10.1. The van der Waals surface area contributed by atoms with Gasteiger partial charge in [0, 0.05) is 5.71 Å². The van der Waals surface area contributed by atoms with Crippen molar-refractivity contribution in [3.8, 4) is 0 Å². The van der Waals surface area contributed by atoms with E-state index in [1.165, 1.54) is 0 Å². The largest absolute Gasteiger partial charge is 0.305 e. The van der Waals surface area contributed by atoms with Gasteiger partial charge in [0.2, 0.25) is 0 Å². The molecule has 0 aromatic heterocycles. The molecule has 0 saturated heterocycles. The Balaban J connectivity index is 2.78. The van der Waals surface area contributed by atoms with Gasteiger partial charge in [-0.15, -0.1) is 0 Å². The third-order valence-corrected chi connectivity index (χ3v) is 1.43. The summed E-state index contributed by atoms with van der Waals surface area (Å²) in [6.45, 7) is 1.81. The minimum Gasteiger partial charge on any atom is -0.305 e. The maximum atomic E-state index is 7.34. The molecular formula is C9H11N. The molecule has 0 radical (unpaired) electrons. The molecule has 0 amide bonds. The number of nitrogens with one attached hydrogen (secondary N) is 1. The van der Waals surface area contributed by atoms with Crippen molar-refractivity contribution in [3.63, 3.8) is 0 Å². The van der Waals surface area contributed by atoms with Crippen LogP contribution in [0.4, 0.5) is 0 Å². The SMILES string of the molecule is CC(=N)C1=CCC=CC=C1. The van der Waals surface area contributed by atoms with Crippen LogP contribution < -0.4 is 0 Å². The van der Waals surface area contributed by atoms with E-state index in [9.17, 15) is 0 Å². The zero-order valence-corrected chi connectivity index (χ0v) is 6.09. The summed E-state index contributed by atoms with van der Waals surface area (Å²) in [5.74, 6) is 0. The van der Waals surface area contributed by atoms with Gasteiger partial charge in [-0.25, -0.2) is 0 Å². The number of rotatable bonds is 1. The fraction of sp³-hybridized carbons (Fsp3) is 0.222. The van der Waals surface area contributed by atoms with E-state index in [1.807, 2.05) is 25.2 Å².